The van der Waals surface area contributed by atoms with E-state index in [0.29, 0.717) is 33.5 Å². The molecule has 0 unspecified atom stereocenters. The quantitative estimate of drug-likeness (QED) is 0.114. The van der Waals surface area contributed by atoms with Crippen molar-refractivity contribution in [2.24, 2.45) is 0 Å². The molecular weight excluding hydrogens is 675 g/mol. The summed E-state index contributed by atoms with van der Waals surface area (Å²) in [6, 6.07) is 30.3. The van der Waals surface area contributed by atoms with Crippen LogP contribution in [0.15, 0.2) is 97.1 Å². The Labute approximate surface area is 301 Å². The second-order valence-electron chi connectivity index (χ2n) is 13.5. The molecular formula is C38H40Cl2N6O4. The number of hydrogen-bond acceptors (Lipinski definition) is 6. The minimum atomic E-state index is -0.296. The molecule has 0 saturated carbocycles. The van der Waals surface area contributed by atoms with Gasteiger partial charge in [-0.3, -0.25) is 0 Å². The molecule has 4 amide bonds. The fourth-order valence-electron chi connectivity index (χ4n) is 7.07. The molecule has 4 bridgehead atoms. The van der Waals surface area contributed by atoms with E-state index in [9.17, 15) is 9.59 Å². The van der Waals surface area contributed by atoms with E-state index in [0.717, 1.165) is 63.4 Å². The normalized spacial score (nSPS) is 24.3. The molecule has 4 heterocycles. The van der Waals surface area contributed by atoms with E-state index in [4.69, 9.17) is 32.7 Å². The van der Waals surface area contributed by atoms with E-state index in [2.05, 4.69) is 31.9 Å². The summed E-state index contributed by atoms with van der Waals surface area (Å²) < 4.78 is 11.9. The number of morpholine rings is 2. The summed E-state index contributed by atoms with van der Waals surface area (Å²) in [4.78, 5) is 24.1. The number of halogens is 2. The van der Waals surface area contributed by atoms with Crippen molar-refractivity contribution in [2.45, 2.75) is 49.0 Å². The van der Waals surface area contributed by atoms with Crippen LogP contribution in [0.25, 0.3) is 0 Å². The third-order valence-electron chi connectivity index (χ3n) is 9.50. The molecule has 0 spiro atoms. The van der Waals surface area contributed by atoms with E-state index in [1.807, 2.05) is 48.5 Å². The van der Waals surface area contributed by atoms with Gasteiger partial charge in [-0.2, -0.15) is 0 Å². The predicted molar refractivity (Wildman–Crippen MR) is 199 cm³/mol. The Bertz CT molecular complexity index is 1790. The van der Waals surface area contributed by atoms with Crippen molar-refractivity contribution in [1.29, 1.82) is 0 Å². The minimum absolute atomic E-state index is 0.0500. The Balaban J connectivity index is 0.000000157. The van der Waals surface area contributed by atoms with E-state index >= 15 is 0 Å². The highest BCUT2D eigenvalue weighted by atomic mass is 35.5. The second-order valence-corrected chi connectivity index (χ2v) is 14.3. The van der Waals surface area contributed by atoms with Crippen LogP contribution < -0.4 is 31.9 Å². The van der Waals surface area contributed by atoms with Gasteiger partial charge in [-0.1, -0.05) is 53.5 Å². The Morgan fingerprint density at radius 3 is 1.42 bits per heavy atom. The highest BCUT2D eigenvalue weighted by Crippen LogP contribution is 2.35. The first kappa shape index (κ1) is 34.3. The number of nitrogens with one attached hydrogen (secondary N) is 6. The van der Waals surface area contributed by atoms with Crippen molar-refractivity contribution in [2.75, 3.05) is 47.6 Å². The van der Waals surface area contributed by atoms with Crippen molar-refractivity contribution in [3.8, 4) is 0 Å². The number of rotatable bonds is 8. The second kappa shape index (κ2) is 15.0. The molecule has 12 heteroatoms. The molecule has 4 saturated heterocycles. The van der Waals surface area contributed by atoms with Crippen molar-refractivity contribution in [3.05, 3.63) is 118 Å². The molecule has 0 aliphatic carbocycles. The number of anilines is 4. The van der Waals surface area contributed by atoms with Crippen LogP contribution in [0.3, 0.4) is 0 Å². The molecule has 50 heavy (non-hydrogen) atoms. The van der Waals surface area contributed by atoms with Gasteiger partial charge in [-0.25, -0.2) is 9.59 Å². The van der Waals surface area contributed by atoms with E-state index < -0.39 is 0 Å². The molecule has 260 valence electrons. The zero-order valence-corrected chi connectivity index (χ0v) is 28.9. The molecule has 4 aliphatic rings. The number of amides is 4. The number of hydrogen-bond donors (Lipinski definition) is 6. The molecule has 8 rings (SSSR count). The van der Waals surface area contributed by atoms with Gasteiger partial charge in [0.25, 0.3) is 0 Å². The highest BCUT2D eigenvalue weighted by molar-refractivity contribution is 6.31. The molecule has 0 radical (unpaired) electrons. The summed E-state index contributed by atoms with van der Waals surface area (Å²) in [5.41, 5.74) is 5.17. The average molecular weight is 716 g/mol. The molecule has 4 aromatic rings. The summed E-state index contributed by atoms with van der Waals surface area (Å²) >= 11 is 11.8. The lowest BCUT2D eigenvalue weighted by molar-refractivity contribution is -0.00541. The fraction of sp³-hybridized carbons (Fsp3) is 0.316. The largest absolute Gasteiger partial charge is 0.372 e. The standard InChI is InChI=1S/2C19H20ClN3O2/c20-14-3-7-16(8-4-14)23-18(24)22-15-5-1-13(2-6-15)9-19-10-17(11-25-19)21-12-19;20-14-2-1-3-16(8-14)23-18(24)22-15-6-4-13(5-7-15)9-19-10-17(11-25-19)21-12-19/h2*1-8,17,21H,9-12H2,(H2,22,23,24)/t2*17-,19-/m00/s1. The summed E-state index contributed by atoms with van der Waals surface area (Å²) in [7, 11) is 0. The maximum absolute atomic E-state index is 12.1. The molecule has 4 fully saturated rings. The van der Waals surface area contributed by atoms with Crippen LogP contribution >= 0.6 is 23.2 Å². The SMILES string of the molecule is O=C(Nc1ccc(C[C@]23CN[C@H](CO2)C3)cc1)Nc1cccc(Cl)c1.O=C(Nc1ccc(Cl)cc1)Nc1ccc(C[C@]23CN[C@H](CO2)C3)cc1. The van der Waals surface area contributed by atoms with Gasteiger partial charge in [0.05, 0.1) is 24.4 Å². The van der Waals surface area contributed by atoms with Gasteiger partial charge in [0.1, 0.15) is 0 Å². The Kier molecular flexibility index (Phi) is 10.3. The third-order valence-corrected chi connectivity index (χ3v) is 9.99. The van der Waals surface area contributed by atoms with Crippen LogP contribution in [0, 0.1) is 0 Å². The lowest BCUT2D eigenvalue weighted by atomic mass is 9.93. The van der Waals surface area contributed by atoms with Crippen molar-refractivity contribution >= 4 is 58.0 Å². The molecule has 0 aromatic heterocycles. The first-order valence-electron chi connectivity index (χ1n) is 16.8. The van der Waals surface area contributed by atoms with Crippen LogP contribution in [-0.2, 0) is 22.3 Å². The summed E-state index contributed by atoms with van der Waals surface area (Å²) in [6.07, 6.45) is 3.95. The summed E-state index contributed by atoms with van der Waals surface area (Å²) in [5, 5.41) is 19.4. The lowest BCUT2D eigenvalue weighted by Gasteiger charge is -2.26. The number of fused-ring (bicyclic) bond motifs is 4. The number of urea groups is 2. The van der Waals surface area contributed by atoms with Crippen molar-refractivity contribution in [3.63, 3.8) is 0 Å². The Hall–Kier alpha value is -4.16. The van der Waals surface area contributed by atoms with Gasteiger partial charge >= 0.3 is 12.1 Å². The van der Waals surface area contributed by atoms with E-state index in [-0.39, 0.29) is 23.3 Å². The lowest BCUT2D eigenvalue weighted by Crippen LogP contribution is -2.40. The van der Waals surface area contributed by atoms with Gasteiger partial charge in [0.15, 0.2) is 0 Å². The summed E-state index contributed by atoms with van der Waals surface area (Å²) in [6.45, 7) is 3.45. The molecule has 10 nitrogen and oxygen atoms in total. The number of benzene rings is 4. The van der Waals surface area contributed by atoms with E-state index in [1.165, 1.54) is 11.1 Å². The van der Waals surface area contributed by atoms with E-state index in [1.54, 1.807) is 48.5 Å². The minimum Gasteiger partial charge on any atom is -0.372 e. The van der Waals surface area contributed by atoms with Gasteiger partial charge in [-0.05, 0) is 90.7 Å². The Morgan fingerprint density at radius 2 is 1.04 bits per heavy atom. The topological polar surface area (TPSA) is 125 Å². The van der Waals surface area contributed by atoms with Gasteiger partial charge in [-0.15, -0.1) is 0 Å². The molecule has 4 aliphatic heterocycles. The monoisotopic (exact) mass is 714 g/mol. The molecule has 6 N–H and O–H groups in total. The van der Waals surface area contributed by atoms with Crippen molar-refractivity contribution in [1.82, 2.24) is 10.6 Å². The smallest absolute Gasteiger partial charge is 0.323 e. The van der Waals surface area contributed by atoms with Gasteiger partial charge in [0, 0.05) is 70.8 Å². The van der Waals surface area contributed by atoms with Crippen molar-refractivity contribution < 1.29 is 19.1 Å². The maximum atomic E-state index is 12.1. The summed E-state index contributed by atoms with van der Waals surface area (Å²) in [5.74, 6) is 0. The molecule has 4 aromatic carbocycles. The highest BCUT2D eigenvalue weighted by Gasteiger charge is 2.46. The maximum Gasteiger partial charge on any atom is 0.323 e. The predicted octanol–water partition coefficient (Wildman–Crippen LogP) is 7.31. The first-order chi connectivity index (χ1) is 24.2. The number of carbonyl (C=O) groups is 2. The number of ether oxygens (including phenoxy) is 2. The Morgan fingerprint density at radius 1 is 0.600 bits per heavy atom. The average Bonchev–Trinajstić information content (AvgIpc) is 3.90. The van der Waals surface area contributed by atoms with Crippen LogP contribution in [0.2, 0.25) is 10.0 Å². The van der Waals surface area contributed by atoms with Gasteiger partial charge < -0.3 is 41.4 Å². The first-order valence-corrected chi connectivity index (χ1v) is 17.6. The van der Waals surface area contributed by atoms with Crippen LogP contribution in [0.5, 0.6) is 0 Å². The van der Waals surface area contributed by atoms with Crippen LogP contribution in [0.1, 0.15) is 24.0 Å². The van der Waals surface area contributed by atoms with Gasteiger partial charge in [0.2, 0.25) is 0 Å². The molecule has 4 atom stereocenters. The van der Waals surface area contributed by atoms with Crippen LogP contribution in [0.4, 0.5) is 32.3 Å². The fourth-order valence-corrected chi connectivity index (χ4v) is 7.39. The third kappa shape index (κ3) is 8.76. The zero-order chi connectivity index (χ0) is 34.6. The van der Waals surface area contributed by atoms with Crippen LogP contribution in [-0.4, -0.2) is 61.7 Å². The zero-order valence-electron chi connectivity index (χ0n) is 27.4. The number of carbonyl (C=O) groups excluding carboxylic acids is 2.